The fourth-order valence-corrected chi connectivity index (χ4v) is 5.18. The first kappa shape index (κ1) is 18.4. The van der Waals surface area contributed by atoms with E-state index in [-0.39, 0.29) is 12.7 Å². The van der Waals surface area contributed by atoms with Crippen molar-refractivity contribution < 1.29 is 9.53 Å². The van der Waals surface area contributed by atoms with Gasteiger partial charge in [0.2, 0.25) is 0 Å². The van der Waals surface area contributed by atoms with Gasteiger partial charge >= 0.3 is 6.09 Å². The van der Waals surface area contributed by atoms with Crippen LogP contribution in [0, 0.1) is 0 Å². The molecule has 0 radical (unpaired) electrons. The third-order valence-electron chi connectivity index (χ3n) is 5.79. The summed E-state index contributed by atoms with van der Waals surface area (Å²) < 4.78 is 9.59. The van der Waals surface area contributed by atoms with Gasteiger partial charge in [0, 0.05) is 21.5 Å². The lowest BCUT2D eigenvalue weighted by Gasteiger charge is -2.08. The van der Waals surface area contributed by atoms with Gasteiger partial charge in [0.25, 0.3) is 0 Å². The molecule has 2 aromatic heterocycles. The molecule has 0 atom stereocenters. The Morgan fingerprint density at radius 2 is 1.26 bits per heavy atom. The summed E-state index contributed by atoms with van der Waals surface area (Å²) >= 11 is 2.35. The largest absolute Gasteiger partial charge is 0.444 e. The number of hydrogen-bond acceptors (Lipinski definition) is 2. The van der Waals surface area contributed by atoms with Crippen LogP contribution in [0.4, 0.5) is 4.79 Å². The summed E-state index contributed by atoms with van der Waals surface area (Å²) in [5.41, 5.74) is 4.97. The first-order valence-electron chi connectivity index (χ1n) is 10.1. The first-order chi connectivity index (χ1) is 15.2. The highest BCUT2D eigenvalue weighted by Crippen LogP contribution is 2.37. The van der Waals surface area contributed by atoms with Gasteiger partial charge in [0.1, 0.15) is 6.61 Å². The second kappa shape index (κ2) is 7.13. The van der Waals surface area contributed by atoms with Crippen LogP contribution in [-0.2, 0) is 11.3 Å². The Hall–Kier alpha value is -3.32. The van der Waals surface area contributed by atoms with E-state index in [0.717, 1.165) is 43.8 Å². The highest BCUT2D eigenvalue weighted by molar-refractivity contribution is 14.1. The molecule has 0 N–H and O–H groups in total. The van der Waals surface area contributed by atoms with Crippen molar-refractivity contribution in [1.29, 1.82) is 0 Å². The zero-order valence-corrected chi connectivity index (χ0v) is 18.6. The highest BCUT2D eigenvalue weighted by atomic mass is 127. The van der Waals surface area contributed by atoms with E-state index in [1.807, 2.05) is 60.7 Å². The predicted octanol–water partition coefficient (Wildman–Crippen LogP) is 7.29. The summed E-state index contributed by atoms with van der Waals surface area (Å²) in [5.74, 6) is 0. The number of nitrogens with zero attached hydrogens (tertiary/aromatic N) is 2. The lowest BCUT2D eigenvalue weighted by atomic mass is 10.1. The average Bonchev–Trinajstić information content (AvgIpc) is 3.29. The fourth-order valence-electron chi connectivity index (χ4n) is 4.36. The Morgan fingerprint density at radius 3 is 2.03 bits per heavy atom. The van der Waals surface area contributed by atoms with Crippen molar-refractivity contribution in [1.82, 2.24) is 7.35 Å². The molecule has 6 aromatic rings. The van der Waals surface area contributed by atoms with Crippen LogP contribution in [0.2, 0.25) is 0 Å². The van der Waals surface area contributed by atoms with E-state index < -0.39 is 0 Å². The number of ether oxygens (including phenoxy) is 1. The van der Waals surface area contributed by atoms with Gasteiger partial charge in [-0.3, -0.25) is 2.78 Å². The third-order valence-corrected chi connectivity index (χ3v) is 6.83. The van der Waals surface area contributed by atoms with E-state index in [4.69, 9.17) is 4.74 Å². The van der Waals surface area contributed by atoms with E-state index in [9.17, 15) is 4.79 Å². The molecule has 0 bridgehead atoms. The molecule has 4 aromatic carbocycles. The molecule has 0 saturated heterocycles. The minimum absolute atomic E-state index is 0.239. The Bertz CT molecular complexity index is 1610. The first-order valence-corrected chi connectivity index (χ1v) is 11.0. The molecule has 0 amide bonds. The van der Waals surface area contributed by atoms with Gasteiger partial charge in [-0.25, -0.2) is 9.36 Å². The van der Waals surface area contributed by atoms with Crippen LogP contribution in [0.25, 0.3) is 43.6 Å². The van der Waals surface area contributed by atoms with Crippen LogP contribution in [0.5, 0.6) is 0 Å². The molecule has 0 aliphatic carbocycles. The molecule has 6 rings (SSSR count). The van der Waals surface area contributed by atoms with Crippen LogP contribution >= 0.6 is 22.9 Å². The molecule has 0 unspecified atom stereocenters. The van der Waals surface area contributed by atoms with Crippen molar-refractivity contribution in [3.8, 4) is 0 Å². The zero-order chi connectivity index (χ0) is 20.9. The summed E-state index contributed by atoms with van der Waals surface area (Å²) in [6, 6.07) is 30.4. The molecule has 31 heavy (non-hydrogen) atoms. The van der Waals surface area contributed by atoms with Gasteiger partial charge in [0.15, 0.2) is 0 Å². The monoisotopic (exact) mass is 516 g/mol. The SMILES string of the molecule is O=C(OCc1ccccc1)n1c2ccccc2c2cc3c(cc21)c1ccccc1n3I. The standard InChI is InChI=1S/C26H17IN2O2/c27-29-23-13-7-5-11-19(23)21-14-24-20(15-25(21)29)18-10-4-6-12-22(18)28(24)26(30)31-16-17-8-2-1-3-9-17/h1-15H,16H2. The van der Waals surface area contributed by atoms with E-state index in [2.05, 4.69) is 56.0 Å². The number of benzene rings is 4. The van der Waals surface area contributed by atoms with E-state index in [1.54, 1.807) is 4.57 Å². The fraction of sp³-hybridized carbons (Fsp3) is 0.0385. The predicted molar refractivity (Wildman–Crippen MR) is 134 cm³/mol. The minimum atomic E-state index is -0.368. The number of carbonyl (C=O) groups is 1. The second-order valence-electron chi connectivity index (χ2n) is 7.58. The number of halogens is 1. The van der Waals surface area contributed by atoms with Gasteiger partial charge in [-0.1, -0.05) is 66.7 Å². The van der Waals surface area contributed by atoms with Crippen molar-refractivity contribution in [3.05, 3.63) is 96.6 Å². The van der Waals surface area contributed by atoms with Crippen LogP contribution < -0.4 is 0 Å². The van der Waals surface area contributed by atoms with Crippen molar-refractivity contribution in [2.45, 2.75) is 6.61 Å². The minimum Gasteiger partial charge on any atom is -0.444 e. The molecule has 0 fully saturated rings. The molecule has 4 nitrogen and oxygen atoms in total. The number of para-hydroxylation sites is 2. The maximum absolute atomic E-state index is 13.2. The van der Waals surface area contributed by atoms with E-state index in [0.29, 0.717) is 0 Å². The normalized spacial score (nSPS) is 11.6. The van der Waals surface area contributed by atoms with Gasteiger partial charge < -0.3 is 4.74 Å². The van der Waals surface area contributed by atoms with Crippen LogP contribution in [0.15, 0.2) is 91.0 Å². The summed E-state index contributed by atoms with van der Waals surface area (Å²) in [5, 5.41) is 4.37. The number of aromatic nitrogens is 2. The van der Waals surface area contributed by atoms with Gasteiger partial charge in [-0.05, 0) is 29.8 Å². The zero-order valence-electron chi connectivity index (χ0n) is 16.5. The van der Waals surface area contributed by atoms with Crippen molar-refractivity contribution in [2.24, 2.45) is 0 Å². The molecule has 0 saturated carbocycles. The molecular formula is C26H17IN2O2. The highest BCUT2D eigenvalue weighted by Gasteiger charge is 2.20. The van der Waals surface area contributed by atoms with E-state index >= 15 is 0 Å². The molecule has 5 heteroatoms. The summed E-state index contributed by atoms with van der Waals surface area (Å²) in [6.45, 7) is 0.239. The molecule has 150 valence electrons. The molecule has 0 aliphatic heterocycles. The van der Waals surface area contributed by atoms with Gasteiger partial charge in [-0.2, -0.15) is 0 Å². The number of rotatable bonds is 2. The third kappa shape index (κ3) is 2.84. The molecule has 0 aliphatic rings. The Kier molecular flexibility index (Phi) is 4.24. The van der Waals surface area contributed by atoms with Crippen LogP contribution in [0.1, 0.15) is 5.56 Å². The molecule has 0 spiro atoms. The average molecular weight is 516 g/mol. The Labute approximate surface area is 192 Å². The number of hydrogen-bond donors (Lipinski definition) is 0. The Balaban J connectivity index is 1.59. The summed E-state index contributed by atoms with van der Waals surface area (Å²) in [7, 11) is 0. The molecule has 2 heterocycles. The number of fused-ring (bicyclic) bond motifs is 6. The van der Waals surface area contributed by atoms with Crippen molar-refractivity contribution in [2.75, 3.05) is 0 Å². The quantitative estimate of drug-likeness (QED) is 0.227. The lowest BCUT2D eigenvalue weighted by Crippen LogP contribution is -2.13. The maximum atomic E-state index is 13.2. The van der Waals surface area contributed by atoms with Gasteiger partial charge in [-0.15, -0.1) is 0 Å². The van der Waals surface area contributed by atoms with Gasteiger partial charge in [0.05, 0.1) is 44.9 Å². The smallest absolute Gasteiger partial charge is 0.419 e. The van der Waals surface area contributed by atoms with Crippen LogP contribution in [0.3, 0.4) is 0 Å². The van der Waals surface area contributed by atoms with Crippen molar-refractivity contribution >= 4 is 72.6 Å². The second-order valence-corrected chi connectivity index (χ2v) is 8.54. The maximum Gasteiger partial charge on any atom is 0.419 e. The lowest BCUT2D eigenvalue weighted by molar-refractivity contribution is 0.143. The molecular weight excluding hydrogens is 499 g/mol. The topological polar surface area (TPSA) is 36.2 Å². The van der Waals surface area contributed by atoms with Crippen LogP contribution in [-0.4, -0.2) is 13.4 Å². The Morgan fingerprint density at radius 1 is 0.677 bits per heavy atom. The summed E-state index contributed by atoms with van der Waals surface area (Å²) in [6.07, 6.45) is -0.368. The summed E-state index contributed by atoms with van der Waals surface area (Å²) in [4.78, 5) is 13.2. The number of carbonyl (C=O) groups excluding carboxylic acids is 1. The van der Waals surface area contributed by atoms with E-state index in [1.165, 1.54) is 5.39 Å². The van der Waals surface area contributed by atoms with Crippen molar-refractivity contribution in [3.63, 3.8) is 0 Å².